The van der Waals surface area contributed by atoms with Crippen molar-refractivity contribution in [3.05, 3.63) is 57.6 Å². The number of carbonyl (C=O) groups excluding carboxylic acids is 1. The van der Waals surface area contributed by atoms with Crippen molar-refractivity contribution in [2.24, 2.45) is 0 Å². The number of hydrogen-bond acceptors (Lipinski definition) is 4. The van der Waals surface area contributed by atoms with Gasteiger partial charge in [-0.3, -0.25) is 4.79 Å². The monoisotopic (exact) mass is 350 g/mol. The maximum atomic E-state index is 12.2. The van der Waals surface area contributed by atoms with E-state index in [1.54, 1.807) is 18.2 Å². The van der Waals surface area contributed by atoms with Crippen LogP contribution in [-0.4, -0.2) is 24.1 Å². The highest BCUT2D eigenvalue weighted by atomic mass is 35.5. The minimum absolute atomic E-state index is 0.0357. The summed E-state index contributed by atoms with van der Waals surface area (Å²) < 4.78 is 10.9. The topological polar surface area (TPSA) is 55.8 Å². The van der Waals surface area contributed by atoms with Gasteiger partial charge in [0.05, 0.1) is 10.6 Å². The molecule has 2 aromatic carbocycles. The maximum Gasteiger partial charge on any atom is 0.189 e. The van der Waals surface area contributed by atoms with Gasteiger partial charge < -0.3 is 14.6 Å². The highest BCUT2D eigenvalue weighted by molar-refractivity contribution is 6.36. The van der Waals surface area contributed by atoms with Gasteiger partial charge >= 0.3 is 0 Å². The van der Waals surface area contributed by atoms with Crippen molar-refractivity contribution < 1.29 is 19.4 Å². The zero-order valence-corrected chi connectivity index (χ0v) is 13.4. The summed E-state index contributed by atoms with van der Waals surface area (Å²) in [6, 6.07) is 8.12. The number of phenolic OH excluding ortho intramolecular Hbond substituents is 1. The molecule has 0 unspecified atom stereocenters. The van der Waals surface area contributed by atoms with Crippen molar-refractivity contribution in [1.82, 2.24) is 0 Å². The summed E-state index contributed by atoms with van der Waals surface area (Å²) in [6.07, 6.45) is 2.96. The standard InChI is InChI=1S/C17H12Cl2O4/c18-11-8-12(17(21)13(19)9-11)14(20)3-1-10-2-4-15-16(7-10)23-6-5-22-15/h1-4,7-9,21H,5-6H2. The van der Waals surface area contributed by atoms with Crippen molar-refractivity contribution >= 4 is 35.1 Å². The molecule has 0 spiro atoms. The van der Waals surface area contributed by atoms with Gasteiger partial charge in [0.1, 0.15) is 19.0 Å². The van der Waals surface area contributed by atoms with Crippen molar-refractivity contribution in [2.45, 2.75) is 0 Å². The molecule has 0 saturated carbocycles. The fourth-order valence-corrected chi connectivity index (χ4v) is 2.67. The van der Waals surface area contributed by atoms with Crippen molar-refractivity contribution in [2.75, 3.05) is 13.2 Å². The van der Waals surface area contributed by atoms with Crippen LogP contribution in [0.3, 0.4) is 0 Å². The predicted octanol–water partition coefficient (Wildman–Crippen LogP) is 4.37. The van der Waals surface area contributed by atoms with Crippen molar-refractivity contribution in [3.63, 3.8) is 0 Å². The van der Waals surface area contributed by atoms with Gasteiger partial charge in [-0.2, -0.15) is 0 Å². The predicted molar refractivity (Wildman–Crippen MR) is 88.9 cm³/mol. The Kier molecular flexibility index (Phi) is 4.46. The van der Waals surface area contributed by atoms with Crippen LogP contribution in [0, 0.1) is 0 Å². The molecule has 23 heavy (non-hydrogen) atoms. The molecule has 118 valence electrons. The minimum Gasteiger partial charge on any atom is -0.506 e. The lowest BCUT2D eigenvalue weighted by molar-refractivity contribution is 0.104. The van der Waals surface area contributed by atoms with Gasteiger partial charge in [0.25, 0.3) is 0 Å². The first-order valence-corrected chi connectivity index (χ1v) is 7.60. The van der Waals surface area contributed by atoms with Crippen LogP contribution in [0.15, 0.2) is 36.4 Å². The van der Waals surface area contributed by atoms with E-state index in [1.165, 1.54) is 18.2 Å². The smallest absolute Gasteiger partial charge is 0.189 e. The summed E-state index contributed by atoms with van der Waals surface area (Å²) in [5.74, 6) is 0.633. The van der Waals surface area contributed by atoms with Crippen LogP contribution < -0.4 is 9.47 Å². The first-order chi connectivity index (χ1) is 11.0. The second-order valence-corrected chi connectivity index (χ2v) is 5.73. The molecule has 0 atom stereocenters. The summed E-state index contributed by atoms with van der Waals surface area (Å²) in [5, 5.41) is 10.2. The van der Waals surface area contributed by atoms with E-state index >= 15 is 0 Å². The Morgan fingerprint density at radius 1 is 1.09 bits per heavy atom. The molecular weight excluding hydrogens is 339 g/mol. The Labute approximate surface area is 142 Å². The number of halogens is 2. The molecular formula is C17H12Cl2O4. The highest BCUT2D eigenvalue weighted by Crippen LogP contribution is 2.33. The number of ether oxygens (including phenoxy) is 2. The second kappa shape index (κ2) is 6.52. The third-order valence-corrected chi connectivity index (χ3v) is 3.79. The molecule has 0 saturated heterocycles. The molecule has 0 radical (unpaired) electrons. The summed E-state index contributed by atoms with van der Waals surface area (Å²) in [6.45, 7) is 1.02. The van der Waals surface area contributed by atoms with E-state index < -0.39 is 5.78 Å². The number of ketones is 1. The molecule has 1 N–H and O–H groups in total. The molecule has 6 heteroatoms. The Balaban J connectivity index is 1.84. The van der Waals surface area contributed by atoms with E-state index in [0.717, 1.165) is 5.56 Å². The Morgan fingerprint density at radius 2 is 1.83 bits per heavy atom. The quantitative estimate of drug-likeness (QED) is 0.659. The lowest BCUT2D eigenvalue weighted by atomic mass is 10.1. The number of phenols is 1. The summed E-state index contributed by atoms with van der Waals surface area (Å²) in [5.41, 5.74) is 0.825. The molecule has 2 aromatic rings. The molecule has 0 bridgehead atoms. The van der Waals surface area contributed by atoms with Crippen molar-refractivity contribution in [1.29, 1.82) is 0 Å². The highest BCUT2D eigenvalue weighted by Gasteiger charge is 2.14. The molecule has 0 amide bonds. The fourth-order valence-electron chi connectivity index (χ4n) is 2.18. The zero-order chi connectivity index (χ0) is 16.4. The van der Waals surface area contributed by atoms with Crippen LogP contribution in [0.5, 0.6) is 17.2 Å². The average Bonchev–Trinajstić information content (AvgIpc) is 2.55. The molecule has 0 aromatic heterocycles. The Bertz CT molecular complexity index is 799. The Hall–Kier alpha value is -2.17. The summed E-state index contributed by atoms with van der Waals surface area (Å²) in [4.78, 5) is 12.2. The van der Waals surface area contributed by atoms with Gasteiger partial charge in [0, 0.05) is 5.02 Å². The second-order valence-electron chi connectivity index (χ2n) is 4.88. The number of aromatic hydroxyl groups is 1. The third-order valence-electron chi connectivity index (χ3n) is 3.29. The summed E-state index contributed by atoms with van der Waals surface area (Å²) in [7, 11) is 0. The Morgan fingerprint density at radius 3 is 2.61 bits per heavy atom. The largest absolute Gasteiger partial charge is 0.506 e. The molecule has 0 fully saturated rings. The first-order valence-electron chi connectivity index (χ1n) is 6.84. The number of hydrogen-bond donors (Lipinski definition) is 1. The molecule has 0 aliphatic carbocycles. The number of carbonyl (C=O) groups is 1. The molecule has 4 nitrogen and oxygen atoms in total. The van der Waals surface area contributed by atoms with Gasteiger partial charge in [0.2, 0.25) is 0 Å². The van der Waals surface area contributed by atoms with E-state index in [2.05, 4.69) is 0 Å². The van der Waals surface area contributed by atoms with E-state index in [0.29, 0.717) is 24.7 Å². The van der Waals surface area contributed by atoms with Gasteiger partial charge in [0.15, 0.2) is 17.3 Å². The zero-order valence-electron chi connectivity index (χ0n) is 11.9. The number of benzene rings is 2. The van der Waals surface area contributed by atoms with Crippen LogP contribution in [0.1, 0.15) is 15.9 Å². The van der Waals surface area contributed by atoms with Crippen LogP contribution >= 0.6 is 23.2 Å². The molecule has 1 aliphatic heterocycles. The normalized spacial score (nSPS) is 13.3. The van der Waals surface area contributed by atoms with E-state index in [1.807, 2.05) is 6.07 Å². The lowest BCUT2D eigenvalue weighted by Crippen LogP contribution is -2.15. The fraction of sp³-hybridized carbons (Fsp3) is 0.118. The van der Waals surface area contributed by atoms with Crippen LogP contribution in [-0.2, 0) is 0 Å². The van der Waals surface area contributed by atoms with Crippen LogP contribution in [0.25, 0.3) is 6.08 Å². The van der Waals surface area contributed by atoms with Gasteiger partial charge in [-0.05, 0) is 35.9 Å². The molecule has 3 rings (SSSR count). The number of rotatable bonds is 3. The molecule has 1 heterocycles. The van der Waals surface area contributed by atoms with Gasteiger partial charge in [-0.25, -0.2) is 0 Å². The van der Waals surface area contributed by atoms with Crippen molar-refractivity contribution in [3.8, 4) is 17.2 Å². The lowest BCUT2D eigenvalue weighted by Gasteiger charge is -2.18. The number of allylic oxidation sites excluding steroid dienone is 1. The first kappa shape index (κ1) is 15.7. The van der Waals surface area contributed by atoms with E-state index in [9.17, 15) is 9.90 Å². The van der Waals surface area contributed by atoms with Crippen LogP contribution in [0.2, 0.25) is 10.0 Å². The third kappa shape index (κ3) is 3.44. The average molecular weight is 351 g/mol. The maximum absolute atomic E-state index is 12.2. The molecule has 1 aliphatic rings. The van der Waals surface area contributed by atoms with Gasteiger partial charge in [-0.1, -0.05) is 35.3 Å². The van der Waals surface area contributed by atoms with Gasteiger partial charge in [-0.15, -0.1) is 0 Å². The number of fused-ring (bicyclic) bond motifs is 1. The minimum atomic E-state index is -0.401. The summed E-state index contributed by atoms with van der Waals surface area (Å²) >= 11 is 11.7. The van der Waals surface area contributed by atoms with E-state index in [4.69, 9.17) is 32.7 Å². The van der Waals surface area contributed by atoms with E-state index in [-0.39, 0.29) is 21.4 Å². The SMILES string of the molecule is O=C(C=Cc1ccc2c(c1)OCCO2)c1cc(Cl)cc(Cl)c1O. The van der Waals surface area contributed by atoms with Crippen LogP contribution in [0.4, 0.5) is 0 Å².